The number of aromatic amines is 1. The molecule has 1 aliphatic heterocycles. The molecule has 28 heavy (non-hydrogen) atoms. The molecule has 0 spiro atoms. The maximum Gasteiger partial charge on any atom is 0.613 e. The first-order valence-corrected chi connectivity index (χ1v) is 10.5. The summed E-state index contributed by atoms with van der Waals surface area (Å²) in [6, 6.07) is 0.500. The highest BCUT2D eigenvalue weighted by molar-refractivity contribution is 7.36. The quantitative estimate of drug-likeness (QED) is 0.333. The Hall–Kier alpha value is -1.87. The molecule has 2 heterocycles. The fourth-order valence-electron chi connectivity index (χ4n) is 2.83. The number of nitrogens with zero attached hydrogens (tertiary/aromatic N) is 1. The second kappa shape index (κ2) is 10.6. The maximum atomic E-state index is 12.0. The molecule has 5 atom stereocenters. The Kier molecular flexibility index (Phi) is 8.50. The molecule has 1 fully saturated rings. The predicted octanol–water partition coefficient (Wildman–Crippen LogP) is 1.46. The molecule has 0 aromatic carbocycles. The lowest BCUT2D eigenvalue weighted by atomic mass is 10.1. The molecule has 2 N–H and O–H groups in total. The van der Waals surface area contributed by atoms with Gasteiger partial charge in [-0.25, -0.2) is 4.79 Å². The number of aromatic nitrogens is 2. The standard InChI is InChI=1S/C17H26N3O7P/c1-4-5-8-25-16(22)12(3)19-28(24)26-10-13-9-11(2)15(27-13)20-7-6-14(21)18-17(20)23/h6-7,11-13,15H,4-5,8-10H2,1-3H3,(H-,18,19,21,23,24)/p+1/t11-,12+,13-,15+/m0/s1. The summed E-state index contributed by atoms with van der Waals surface area (Å²) in [5.41, 5.74) is -1.02. The zero-order valence-corrected chi connectivity index (χ0v) is 17.1. The van der Waals surface area contributed by atoms with Crippen LogP contribution in [0.25, 0.3) is 0 Å². The van der Waals surface area contributed by atoms with Crippen molar-refractivity contribution in [3.8, 4) is 0 Å². The molecule has 1 aromatic heterocycles. The van der Waals surface area contributed by atoms with Crippen LogP contribution in [0.4, 0.5) is 0 Å². The Balaban J connectivity index is 1.80. The third kappa shape index (κ3) is 6.34. The van der Waals surface area contributed by atoms with Gasteiger partial charge in [-0.2, -0.15) is 0 Å². The van der Waals surface area contributed by atoms with Crippen molar-refractivity contribution in [2.45, 2.75) is 58.4 Å². The minimum Gasteiger partial charge on any atom is -0.464 e. The third-order valence-electron chi connectivity index (χ3n) is 4.35. The van der Waals surface area contributed by atoms with Gasteiger partial charge in [0.05, 0.1) is 12.7 Å². The summed E-state index contributed by atoms with van der Waals surface area (Å²) in [5, 5.41) is 2.56. The van der Waals surface area contributed by atoms with Gasteiger partial charge in [-0.05, 0) is 24.3 Å². The molecule has 1 aliphatic rings. The van der Waals surface area contributed by atoms with E-state index in [0.717, 1.165) is 12.8 Å². The number of H-pyrrole nitrogens is 1. The molecule has 2 rings (SSSR count). The molecule has 1 unspecified atom stereocenters. The molecular formula is C17H27N3O7P+. The van der Waals surface area contributed by atoms with Crippen molar-refractivity contribution in [2.75, 3.05) is 13.2 Å². The first-order valence-electron chi connectivity index (χ1n) is 9.31. The largest absolute Gasteiger partial charge is 0.613 e. The van der Waals surface area contributed by atoms with Crippen LogP contribution in [-0.2, 0) is 23.4 Å². The zero-order chi connectivity index (χ0) is 20.7. The molecular weight excluding hydrogens is 389 g/mol. The van der Waals surface area contributed by atoms with Gasteiger partial charge in [-0.1, -0.05) is 25.4 Å². The average Bonchev–Trinajstić information content (AvgIpc) is 3.00. The SMILES string of the molecule is CCCCOC(=O)[C@@H](C)N[P+](=O)OC[C@@H]1C[C@H](C)[C@H](n2ccc(=O)[nH]c2=O)O1. The van der Waals surface area contributed by atoms with E-state index in [1.165, 1.54) is 16.8 Å². The number of rotatable bonds is 10. The van der Waals surface area contributed by atoms with Crippen molar-refractivity contribution < 1.29 is 23.4 Å². The van der Waals surface area contributed by atoms with Crippen LogP contribution in [0, 0.1) is 5.92 Å². The minimum absolute atomic E-state index is 0.00416. The molecule has 156 valence electrons. The van der Waals surface area contributed by atoms with Crippen molar-refractivity contribution in [1.29, 1.82) is 0 Å². The summed E-state index contributed by atoms with van der Waals surface area (Å²) < 4.78 is 29.5. The number of hydrogen-bond donors (Lipinski definition) is 2. The Morgan fingerprint density at radius 3 is 2.93 bits per heavy atom. The number of nitrogens with one attached hydrogen (secondary N) is 2. The van der Waals surface area contributed by atoms with E-state index in [9.17, 15) is 18.9 Å². The number of ether oxygens (including phenoxy) is 2. The number of unbranched alkanes of at least 4 members (excludes halogenated alkanes) is 1. The Bertz CT molecular complexity index is 793. The summed E-state index contributed by atoms with van der Waals surface area (Å²) in [5.74, 6) is -0.487. The summed E-state index contributed by atoms with van der Waals surface area (Å²) in [4.78, 5) is 37.1. The van der Waals surface area contributed by atoms with Gasteiger partial charge in [-0.15, -0.1) is 4.52 Å². The van der Waals surface area contributed by atoms with E-state index in [1.807, 2.05) is 13.8 Å². The number of carbonyl (C=O) groups is 1. The lowest BCUT2D eigenvalue weighted by Crippen LogP contribution is -2.33. The Morgan fingerprint density at radius 1 is 1.50 bits per heavy atom. The summed E-state index contributed by atoms with van der Waals surface area (Å²) in [7, 11) is -2.28. The van der Waals surface area contributed by atoms with Crippen molar-refractivity contribution in [1.82, 2.24) is 14.6 Å². The second-order valence-corrected chi connectivity index (χ2v) is 7.83. The maximum absolute atomic E-state index is 12.0. The highest BCUT2D eigenvalue weighted by Crippen LogP contribution is 2.34. The molecule has 0 bridgehead atoms. The summed E-state index contributed by atoms with van der Waals surface area (Å²) >= 11 is 0. The normalized spacial score (nSPS) is 23.4. The van der Waals surface area contributed by atoms with Crippen LogP contribution in [0.15, 0.2) is 21.9 Å². The van der Waals surface area contributed by atoms with E-state index < -0.39 is 37.7 Å². The van der Waals surface area contributed by atoms with Crippen molar-refractivity contribution >= 4 is 14.1 Å². The molecule has 0 radical (unpaired) electrons. The van der Waals surface area contributed by atoms with Crippen LogP contribution in [0.2, 0.25) is 0 Å². The lowest BCUT2D eigenvalue weighted by molar-refractivity contribution is -0.145. The van der Waals surface area contributed by atoms with Crippen molar-refractivity contribution in [2.24, 2.45) is 5.92 Å². The molecule has 11 heteroatoms. The lowest BCUT2D eigenvalue weighted by Gasteiger charge is -2.17. The van der Waals surface area contributed by atoms with Crippen LogP contribution in [0.1, 0.15) is 46.3 Å². The van der Waals surface area contributed by atoms with E-state index in [-0.39, 0.29) is 18.6 Å². The molecule has 1 aromatic rings. The smallest absolute Gasteiger partial charge is 0.464 e. The second-order valence-electron chi connectivity index (χ2n) is 6.80. The molecule has 0 aliphatic carbocycles. The van der Waals surface area contributed by atoms with Gasteiger partial charge in [0.15, 0.2) is 0 Å². The fraction of sp³-hybridized carbons (Fsp3) is 0.706. The van der Waals surface area contributed by atoms with Crippen molar-refractivity contribution in [3.05, 3.63) is 33.1 Å². The number of hydrogen-bond acceptors (Lipinski definition) is 7. The molecule has 0 amide bonds. The molecule has 1 saturated heterocycles. The third-order valence-corrected chi connectivity index (χ3v) is 5.33. The zero-order valence-electron chi connectivity index (χ0n) is 16.3. The fourth-order valence-corrected chi connectivity index (χ4v) is 3.63. The first kappa shape index (κ1) is 22.4. The van der Waals surface area contributed by atoms with E-state index in [2.05, 4.69) is 10.1 Å². The first-order chi connectivity index (χ1) is 13.3. The highest BCUT2D eigenvalue weighted by atomic mass is 31.1. The number of esters is 1. The summed E-state index contributed by atoms with van der Waals surface area (Å²) in [6.45, 7) is 5.83. The van der Waals surface area contributed by atoms with E-state index in [4.69, 9.17) is 14.0 Å². The van der Waals surface area contributed by atoms with Gasteiger partial charge in [0.1, 0.15) is 18.9 Å². The van der Waals surface area contributed by atoms with Crippen molar-refractivity contribution in [3.63, 3.8) is 0 Å². The van der Waals surface area contributed by atoms with Gasteiger partial charge >= 0.3 is 19.8 Å². The monoisotopic (exact) mass is 416 g/mol. The topological polar surface area (TPSA) is 129 Å². The molecule has 10 nitrogen and oxygen atoms in total. The van der Waals surface area contributed by atoms with Gasteiger partial charge in [0.25, 0.3) is 5.56 Å². The van der Waals surface area contributed by atoms with E-state index in [0.29, 0.717) is 13.0 Å². The van der Waals surface area contributed by atoms with Crippen LogP contribution >= 0.6 is 8.18 Å². The van der Waals surface area contributed by atoms with Crippen LogP contribution in [0.5, 0.6) is 0 Å². The number of carbonyl (C=O) groups excluding carboxylic acids is 1. The predicted molar refractivity (Wildman–Crippen MR) is 101 cm³/mol. The summed E-state index contributed by atoms with van der Waals surface area (Å²) in [6.07, 6.45) is 2.76. The van der Waals surface area contributed by atoms with Crippen LogP contribution < -0.4 is 16.3 Å². The average molecular weight is 416 g/mol. The molecule has 0 saturated carbocycles. The van der Waals surface area contributed by atoms with E-state index in [1.54, 1.807) is 6.92 Å². The van der Waals surface area contributed by atoms with Gasteiger partial charge in [-0.3, -0.25) is 19.1 Å². The Labute approximate surface area is 163 Å². The van der Waals surface area contributed by atoms with Gasteiger partial charge in [0.2, 0.25) is 0 Å². The van der Waals surface area contributed by atoms with Crippen LogP contribution in [-0.4, -0.2) is 40.9 Å². The van der Waals surface area contributed by atoms with Crippen LogP contribution in [0.3, 0.4) is 0 Å². The Morgan fingerprint density at radius 2 is 2.25 bits per heavy atom. The van der Waals surface area contributed by atoms with E-state index >= 15 is 0 Å². The highest BCUT2D eigenvalue weighted by Gasteiger charge is 2.36. The minimum atomic E-state index is -2.28. The van der Waals surface area contributed by atoms with Gasteiger partial charge < -0.3 is 9.47 Å². The van der Waals surface area contributed by atoms with Gasteiger partial charge in [0, 0.05) is 18.2 Å².